The summed E-state index contributed by atoms with van der Waals surface area (Å²) in [7, 11) is 1.95. The maximum Gasteiger partial charge on any atom is 0.274 e. The first-order chi connectivity index (χ1) is 12.6. The Balaban J connectivity index is 1.78. The normalized spacial score (nSPS) is 12.2. The molecule has 0 saturated heterocycles. The second-order valence-corrected chi connectivity index (χ2v) is 6.16. The first-order valence-corrected chi connectivity index (χ1v) is 8.34. The van der Waals surface area contributed by atoms with Crippen LogP contribution in [0, 0.1) is 6.92 Å². The summed E-state index contributed by atoms with van der Waals surface area (Å²) in [4.78, 5) is 17.4. The Labute approximate surface area is 150 Å². The molecule has 2 aromatic carbocycles. The number of carbonyl (C=O) groups is 1. The van der Waals surface area contributed by atoms with E-state index in [1.807, 2.05) is 66.2 Å². The Kier molecular flexibility index (Phi) is 4.01. The Morgan fingerprint density at radius 2 is 1.85 bits per heavy atom. The minimum Gasteiger partial charge on any atom is -0.361 e. The van der Waals surface area contributed by atoms with Gasteiger partial charge in [-0.3, -0.25) is 4.79 Å². The molecule has 26 heavy (non-hydrogen) atoms. The van der Waals surface area contributed by atoms with Crippen LogP contribution >= 0.6 is 0 Å². The molecule has 0 aliphatic rings. The van der Waals surface area contributed by atoms with Gasteiger partial charge in [0, 0.05) is 13.1 Å². The molecule has 1 atom stereocenters. The van der Waals surface area contributed by atoms with Gasteiger partial charge in [0.25, 0.3) is 5.91 Å². The highest BCUT2D eigenvalue weighted by molar-refractivity contribution is 5.92. The molecule has 4 aromatic rings. The Morgan fingerprint density at radius 1 is 1.12 bits per heavy atom. The molecule has 6 heteroatoms. The van der Waals surface area contributed by atoms with Crippen molar-refractivity contribution in [3.8, 4) is 0 Å². The number of rotatable bonds is 4. The van der Waals surface area contributed by atoms with E-state index in [2.05, 4.69) is 10.5 Å². The third-order valence-corrected chi connectivity index (χ3v) is 4.35. The zero-order valence-corrected chi connectivity index (χ0v) is 14.5. The lowest BCUT2D eigenvalue weighted by Crippen LogP contribution is -2.31. The van der Waals surface area contributed by atoms with Crippen molar-refractivity contribution in [1.82, 2.24) is 20.0 Å². The zero-order valence-electron chi connectivity index (χ0n) is 14.5. The summed E-state index contributed by atoms with van der Waals surface area (Å²) in [6.07, 6.45) is 0. The summed E-state index contributed by atoms with van der Waals surface area (Å²) < 4.78 is 7.02. The number of nitrogens with one attached hydrogen (secondary N) is 1. The van der Waals surface area contributed by atoms with E-state index in [-0.39, 0.29) is 11.6 Å². The SMILES string of the molecule is Cc1cc(C(=O)NC(c2ccccc2)c2nc3ccccc3n2C)no1. The van der Waals surface area contributed by atoms with Crippen LogP contribution in [0.2, 0.25) is 0 Å². The second kappa shape index (κ2) is 6.48. The van der Waals surface area contributed by atoms with Crippen LogP contribution in [-0.4, -0.2) is 20.6 Å². The molecule has 130 valence electrons. The quantitative estimate of drug-likeness (QED) is 0.615. The van der Waals surface area contributed by atoms with E-state index in [0.29, 0.717) is 5.76 Å². The summed E-state index contributed by atoms with van der Waals surface area (Å²) in [6, 6.07) is 18.9. The third kappa shape index (κ3) is 2.86. The second-order valence-electron chi connectivity index (χ2n) is 6.16. The van der Waals surface area contributed by atoms with Gasteiger partial charge in [0.1, 0.15) is 17.6 Å². The van der Waals surface area contributed by atoms with Crippen LogP contribution in [0.1, 0.15) is 33.7 Å². The van der Waals surface area contributed by atoms with Crippen molar-refractivity contribution in [3.63, 3.8) is 0 Å². The highest BCUT2D eigenvalue weighted by atomic mass is 16.5. The molecule has 0 radical (unpaired) electrons. The molecule has 1 amide bonds. The van der Waals surface area contributed by atoms with Crippen molar-refractivity contribution < 1.29 is 9.32 Å². The predicted octanol–water partition coefficient (Wildman–Crippen LogP) is 3.39. The van der Waals surface area contributed by atoms with E-state index in [0.717, 1.165) is 22.4 Å². The van der Waals surface area contributed by atoms with Crippen LogP contribution < -0.4 is 5.32 Å². The summed E-state index contributed by atoms with van der Waals surface area (Å²) in [5.74, 6) is 1.04. The van der Waals surface area contributed by atoms with E-state index in [1.54, 1.807) is 13.0 Å². The van der Waals surface area contributed by atoms with Crippen molar-refractivity contribution in [2.24, 2.45) is 7.05 Å². The Hall–Kier alpha value is -3.41. The zero-order chi connectivity index (χ0) is 18.1. The highest BCUT2D eigenvalue weighted by Crippen LogP contribution is 2.25. The van der Waals surface area contributed by atoms with E-state index in [1.165, 1.54) is 0 Å². The minimum absolute atomic E-state index is 0.252. The molecule has 2 heterocycles. The Morgan fingerprint density at radius 3 is 2.54 bits per heavy atom. The van der Waals surface area contributed by atoms with Gasteiger partial charge < -0.3 is 14.4 Å². The maximum atomic E-state index is 12.7. The van der Waals surface area contributed by atoms with Gasteiger partial charge in [-0.05, 0) is 24.6 Å². The molecule has 1 N–H and O–H groups in total. The molecule has 2 aromatic heterocycles. The fourth-order valence-electron chi connectivity index (χ4n) is 3.04. The first kappa shape index (κ1) is 16.1. The van der Waals surface area contributed by atoms with Crippen LogP contribution in [-0.2, 0) is 7.05 Å². The lowest BCUT2D eigenvalue weighted by Gasteiger charge is -2.18. The van der Waals surface area contributed by atoms with E-state index in [4.69, 9.17) is 9.51 Å². The van der Waals surface area contributed by atoms with Gasteiger partial charge in [-0.2, -0.15) is 0 Å². The molecule has 0 spiro atoms. The maximum absolute atomic E-state index is 12.7. The number of carbonyl (C=O) groups excluding carboxylic acids is 1. The van der Waals surface area contributed by atoms with E-state index < -0.39 is 6.04 Å². The number of benzene rings is 2. The monoisotopic (exact) mass is 346 g/mol. The molecule has 0 saturated carbocycles. The molecule has 0 aliphatic carbocycles. The van der Waals surface area contributed by atoms with Gasteiger partial charge >= 0.3 is 0 Å². The summed E-state index contributed by atoms with van der Waals surface area (Å²) >= 11 is 0. The summed E-state index contributed by atoms with van der Waals surface area (Å²) in [5, 5.41) is 6.84. The molecule has 0 fully saturated rings. The van der Waals surface area contributed by atoms with Crippen molar-refractivity contribution in [1.29, 1.82) is 0 Å². The molecule has 1 unspecified atom stereocenters. The lowest BCUT2D eigenvalue weighted by atomic mass is 10.1. The molecule has 0 aliphatic heterocycles. The number of aromatic nitrogens is 3. The van der Waals surface area contributed by atoms with Gasteiger partial charge in [0.15, 0.2) is 5.69 Å². The van der Waals surface area contributed by atoms with Crippen LogP contribution in [0.5, 0.6) is 0 Å². The topological polar surface area (TPSA) is 73.0 Å². The molecule has 4 rings (SSSR count). The van der Waals surface area contributed by atoms with Crippen molar-refractivity contribution in [2.45, 2.75) is 13.0 Å². The van der Waals surface area contributed by atoms with Gasteiger partial charge in [0.05, 0.1) is 11.0 Å². The smallest absolute Gasteiger partial charge is 0.274 e. The van der Waals surface area contributed by atoms with Gasteiger partial charge in [-0.1, -0.05) is 47.6 Å². The van der Waals surface area contributed by atoms with Crippen molar-refractivity contribution in [2.75, 3.05) is 0 Å². The fraction of sp³-hybridized carbons (Fsp3) is 0.150. The number of fused-ring (bicyclic) bond motifs is 1. The molecule has 0 bridgehead atoms. The molecular formula is C20H18N4O2. The Bertz CT molecular complexity index is 1070. The van der Waals surface area contributed by atoms with Crippen LogP contribution in [0.3, 0.4) is 0 Å². The number of para-hydroxylation sites is 2. The number of hydrogen-bond acceptors (Lipinski definition) is 4. The molecular weight excluding hydrogens is 328 g/mol. The number of imidazole rings is 1. The number of hydrogen-bond donors (Lipinski definition) is 1. The van der Waals surface area contributed by atoms with Crippen LogP contribution in [0.25, 0.3) is 11.0 Å². The van der Waals surface area contributed by atoms with E-state index in [9.17, 15) is 4.79 Å². The average molecular weight is 346 g/mol. The van der Waals surface area contributed by atoms with Gasteiger partial charge in [-0.25, -0.2) is 4.98 Å². The standard InChI is InChI=1S/C20H18N4O2/c1-13-12-16(23-26-13)20(25)22-18(14-8-4-3-5-9-14)19-21-15-10-6-7-11-17(15)24(19)2/h3-12,18H,1-2H3,(H,22,25). The largest absolute Gasteiger partial charge is 0.361 e. The average Bonchev–Trinajstić information content (AvgIpc) is 3.24. The number of amides is 1. The summed E-state index contributed by atoms with van der Waals surface area (Å²) in [5.41, 5.74) is 3.09. The fourth-order valence-corrected chi connectivity index (χ4v) is 3.04. The van der Waals surface area contributed by atoms with Crippen molar-refractivity contribution >= 4 is 16.9 Å². The van der Waals surface area contributed by atoms with Crippen molar-refractivity contribution in [3.05, 3.63) is 83.5 Å². The van der Waals surface area contributed by atoms with Crippen LogP contribution in [0.15, 0.2) is 65.2 Å². The molecule has 6 nitrogen and oxygen atoms in total. The number of aryl methyl sites for hydroxylation is 2. The van der Waals surface area contributed by atoms with E-state index >= 15 is 0 Å². The van der Waals surface area contributed by atoms with Crippen LogP contribution in [0.4, 0.5) is 0 Å². The van der Waals surface area contributed by atoms with Gasteiger partial charge in [0.2, 0.25) is 0 Å². The highest BCUT2D eigenvalue weighted by Gasteiger charge is 2.24. The number of nitrogens with zero attached hydrogens (tertiary/aromatic N) is 3. The lowest BCUT2D eigenvalue weighted by molar-refractivity contribution is 0.0932. The predicted molar refractivity (Wildman–Crippen MR) is 97.7 cm³/mol. The minimum atomic E-state index is -0.405. The third-order valence-electron chi connectivity index (χ3n) is 4.35. The van der Waals surface area contributed by atoms with Gasteiger partial charge in [-0.15, -0.1) is 0 Å². The summed E-state index contributed by atoms with van der Waals surface area (Å²) in [6.45, 7) is 1.75. The first-order valence-electron chi connectivity index (χ1n) is 8.34.